The zero-order valence-corrected chi connectivity index (χ0v) is 11.9. The van der Waals surface area contributed by atoms with Crippen molar-refractivity contribution < 1.29 is 9.13 Å². The summed E-state index contributed by atoms with van der Waals surface area (Å²) in [6.07, 6.45) is 4.80. The highest BCUT2D eigenvalue weighted by molar-refractivity contribution is 5.28. The monoisotopic (exact) mass is 278 g/mol. The fourth-order valence-corrected chi connectivity index (χ4v) is 1.67. The Morgan fingerprint density at radius 3 is 2.90 bits per heavy atom. The maximum absolute atomic E-state index is 14.2. The van der Waals surface area contributed by atoms with E-state index in [1.165, 1.54) is 0 Å². The predicted molar refractivity (Wildman–Crippen MR) is 74.1 cm³/mol. The first-order chi connectivity index (χ1) is 9.60. The molecule has 0 unspecified atom stereocenters. The van der Waals surface area contributed by atoms with Crippen molar-refractivity contribution in [2.75, 3.05) is 0 Å². The highest BCUT2D eigenvalue weighted by Gasteiger charge is 2.12. The van der Waals surface area contributed by atoms with E-state index in [0.717, 1.165) is 6.54 Å². The molecule has 0 atom stereocenters. The summed E-state index contributed by atoms with van der Waals surface area (Å²) in [5.74, 6) is 0.0147. The van der Waals surface area contributed by atoms with Gasteiger partial charge >= 0.3 is 0 Å². The van der Waals surface area contributed by atoms with Gasteiger partial charge in [0.15, 0.2) is 11.6 Å². The lowest BCUT2D eigenvalue weighted by atomic mass is 10.2. The first-order valence-electron chi connectivity index (χ1n) is 6.67. The average molecular weight is 278 g/mol. The van der Waals surface area contributed by atoms with Gasteiger partial charge in [-0.3, -0.25) is 4.68 Å². The van der Waals surface area contributed by atoms with E-state index in [-0.39, 0.29) is 11.9 Å². The fourth-order valence-electron chi connectivity index (χ4n) is 1.67. The highest BCUT2D eigenvalue weighted by Crippen LogP contribution is 2.23. The van der Waals surface area contributed by atoms with Gasteiger partial charge < -0.3 is 10.1 Å². The van der Waals surface area contributed by atoms with Crippen LogP contribution in [-0.4, -0.2) is 20.8 Å². The van der Waals surface area contributed by atoms with E-state index in [0.29, 0.717) is 17.9 Å². The molecule has 2 aromatic rings. The van der Waals surface area contributed by atoms with Gasteiger partial charge in [-0.15, -0.1) is 0 Å². The number of halogens is 1. The van der Waals surface area contributed by atoms with Gasteiger partial charge in [0.2, 0.25) is 0 Å². The molecule has 2 rings (SSSR count). The standard InChI is InChI=1S/C14H19FN4O/c1-4-19-9-12(8-18-19)20-14-13(15)11(5-6-16-14)7-17-10(2)3/h5-6,8-10,17H,4,7H2,1-3H3. The average Bonchev–Trinajstić information content (AvgIpc) is 2.87. The molecule has 6 heteroatoms. The van der Waals surface area contributed by atoms with Crippen molar-refractivity contribution in [3.63, 3.8) is 0 Å². The molecule has 0 aliphatic rings. The van der Waals surface area contributed by atoms with E-state index >= 15 is 0 Å². The molecular weight excluding hydrogens is 259 g/mol. The summed E-state index contributed by atoms with van der Waals surface area (Å²) < 4.78 is 21.4. The van der Waals surface area contributed by atoms with Crippen LogP contribution in [0.4, 0.5) is 4.39 Å². The molecule has 20 heavy (non-hydrogen) atoms. The molecule has 0 saturated heterocycles. The van der Waals surface area contributed by atoms with Crippen LogP contribution in [0.25, 0.3) is 0 Å². The number of nitrogens with zero attached hydrogens (tertiary/aromatic N) is 3. The second-order valence-electron chi connectivity index (χ2n) is 4.76. The van der Waals surface area contributed by atoms with E-state index in [4.69, 9.17) is 4.74 Å². The molecule has 0 aromatic carbocycles. The molecule has 108 valence electrons. The minimum Gasteiger partial charge on any atom is -0.433 e. The zero-order chi connectivity index (χ0) is 14.5. The summed E-state index contributed by atoms with van der Waals surface area (Å²) in [6.45, 7) is 7.16. The molecule has 2 heterocycles. The largest absolute Gasteiger partial charge is 0.433 e. The van der Waals surface area contributed by atoms with Gasteiger partial charge in [-0.05, 0) is 13.0 Å². The Bertz CT molecular complexity index is 568. The number of hydrogen-bond acceptors (Lipinski definition) is 4. The van der Waals surface area contributed by atoms with Gasteiger partial charge in [0, 0.05) is 30.9 Å². The van der Waals surface area contributed by atoms with Crippen LogP contribution in [0.1, 0.15) is 26.3 Å². The number of rotatable bonds is 6. The fraction of sp³-hybridized carbons (Fsp3) is 0.429. The predicted octanol–water partition coefficient (Wildman–Crippen LogP) is 2.73. The van der Waals surface area contributed by atoms with Crippen LogP contribution < -0.4 is 10.1 Å². The maximum atomic E-state index is 14.2. The Morgan fingerprint density at radius 2 is 2.25 bits per heavy atom. The number of aromatic nitrogens is 3. The van der Waals surface area contributed by atoms with E-state index in [1.54, 1.807) is 29.3 Å². The number of pyridine rings is 1. The lowest BCUT2D eigenvalue weighted by Crippen LogP contribution is -2.22. The molecule has 0 bridgehead atoms. The van der Waals surface area contributed by atoms with Crippen LogP contribution in [0.5, 0.6) is 11.6 Å². The van der Waals surface area contributed by atoms with Crippen molar-refractivity contribution in [2.45, 2.75) is 39.9 Å². The summed E-state index contributed by atoms with van der Waals surface area (Å²) in [7, 11) is 0. The van der Waals surface area contributed by atoms with E-state index in [1.807, 2.05) is 20.8 Å². The first-order valence-corrected chi connectivity index (χ1v) is 6.67. The third-order valence-electron chi connectivity index (χ3n) is 2.79. The number of aryl methyl sites for hydroxylation is 1. The van der Waals surface area contributed by atoms with Gasteiger partial charge in [-0.2, -0.15) is 5.10 Å². The molecule has 0 spiro atoms. The number of ether oxygens (including phenoxy) is 1. The van der Waals surface area contributed by atoms with Crippen LogP contribution >= 0.6 is 0 Å². The smallest absolute Gasteiger partial charge is 0.256 e. The quantitative estimate of drug-likeness (QED) is 0.882. The van der Waals surface area contributed by atoms with Gasteiger partial charge in [0.25, 0.3) is 5.88 Å². The van der Waals surface area contributed by atoms with Crippen LogP contribution in [0.3, 0.4) is 0 Å². The first kappa shape index (κ1) is 14.5. The molecule has 0 aliphatic carbocycles. The maximum Gasteiger partial charge on any atom is 0.256 e. The molecule has 5 nitrogen and oxygen atoms in total. The minimum absolute atomic E-state index is 0.0243. The Balaban J connectivity index is 2.13. The Morgan fingerprint density at radius 1 is 1.45 bits per heavy atom. The second-order valence-corrected chi connectivity index (χ2v) is 4.76. The van der Waals surface area contributed by atoms with Gasteiger partial charge in [-0.1, -0.05) is 13.8 Å². The molecule has 2 aromatic heterocycles. The lowest BCUT2D eigenvalue weighted by molar-refractivity contribution is 0.415. The third kappa shape index (κ3) is 3.54. The molecule has 1 N–H and O–H groups in total. The molecule has 0 radical (unpaired) electrons. The van der Waals surface area contributed by atoms with Crippen molar-refractivity contribution in [1.29, 1.82) is 0 Å². The molecule has 0 saturated carbocycles. The lowest BCUT2D eigenvalue weighted by Gasteiger charge is -2.10. The molecule has 0 amide bonds. The second kappa shape index (κ2) is 6.47. The Labute approximate surface area is 117 Å². The van der Waals surface area contributed by atoms with Crippen LogP contribution in [-0.2, 0) is 13.1 Å². The zero-order valence-electron chi connectivity index (χ0n) is 11.9. The summed E-state index contributed by atoms with van der Waals surface area (Å²) in [5, 5.41) is 7.24. The van der Waals surface area contributed by atoms with Crippen LogP contribution in [0.2, 0.25) is 0 Å². The minimum atomic E-state index is -0.440. The third-order valence-corrected chi connectivity index (χ3v) is 2.79. The summed E-state index contributed by atoms with van der Waals surface area (Å²) >= 11 is 0. The summed E-state index contributed by atoms with van der Waals surface area (Å²) in [6, 6.07) is 1.93. The van der Waals surface area contributed by atoms with Gasteiger partial charge in [0.1, 0.15) is 0 Å². The van der Waals surface area contributed by atoms with E-state index < -0.39 is 5.82 Å². The highest BCUT2D eigenvalue weighted by atomic mass is 19.1. The topological polar surface area (TPSA) is 52.0 Å². The van der Waals surface area contributed by atoms with Gasteiger partial charge in [-0.25, -0.2) is 9.37 Å². The molecule has 0 aliphatic heterocycles. The normalized spacial score (nSPS) is 11.1. The SMILES string of the molecule is CCn1cc(Oc2nccc(CNC(C)C)c2F)cn1. The van der Waals surface area contributed by atoms with E-state index in [2.05, 4.69) is 15.4 Å². The van der Waals surface area contributed by atoms with Crippen molar-refractivity contribution >= 4 is 0 Å². The Kier molecular flexibility index (Phi) is 4.68. The van der Waals surface area contributed by atoms with Crippen molar-refractivity contribution in [3.05, 3.63) is 36.0 Å². The Hall–Kier alpha value is -1.95. The number of hydrogen-bond donors (Lipinski definition) is 1. The summed E-state index contributed by atoms with van der Waals surface area (Å²) in [5.41, 5.74) is 0.534. The van der Waals surface area contributed by atoms with Crippen molar-refractivity contribution in [1.82, 2.24) is 20.1 Å². The van der Waals surface area contributed by atoms with Crippen LogP contribution in [0.15, 0.2) is 24.7 Å². The van der Waals surface area contributed by atoms with Crippen molar-refractivity contribution in [2.24, 2.45) is 0 Å². The molecule has 0 fully saturated rings. The van der Waals surface area contributed by atoms with Gasteiger partial charge in [0.05, 0.1) is 12.4 Å². The number of nitrogens with one attached hydrogen (secondary N) is 1. The molecular formula is C14H19FN4O. The summed E-state index contributed by atoms with van der Waals surface area (Å²) in [4.78, 5) is 3.93. The van der Waals surface area contributed by atoms with Crippen molar-refractivity contribution in [3.8, 4) is 11.6 Å². The van der Waals surface area contributed by atoms with Crippen LogP contribution in [0, 0.1) is 5.82 Å². The van der Waals surface area contributed by atoms with E-state index in [9.17, 15) is 4.39 Å².